The molecule has 0 saturated heterocycles. The summed E-state index contributed by atoms with van der Waals surface area (Å²) < 4.78 is 39.7. The summed E-state index contributed by atoms with van der Waals surface area (Å²) in [5.74, 6) is -3.45. The van der Waals surface area contributed by atoms with E-state index in [0.717, 1.165) is 12.1 Å². The summed E-state index contributed by atoms with van der Waals surface area (Å²) >= 11 is 0. The van der Waals surface area contributed by atoms with Crippen molar-refractivity contribution in [1.29, 1.82) is 0 Å². The van der Waals surface area contributed by atoms with Crippen molar-refractivity contribution in [2.75, 3.05) is 30.9 Å². The third-order valence-electron chi connectivity index (χ3n) is 2.60. The standard InChI is InChI=1S/C13H14F3N5/c1-4-17-12-18-11(19-13(20-12)21(2)3)7-5-8(14)10(16)9(15)6-7/h5-6H,4H2,1-3H3,(H,17,18,19,20). The normalized spacial score (nSPS) is 10.6. The van der Waals surface area contributed by atoms with Crippen LogP contribution >= 0.6 is 0 Å². The van der Waals surface area contributed by atoms with Crippen LogP contribution in [0.1, 0.15) is 6.92 Å². The smallest absolute Gasteiger partial charge is 0.230 e. The van der Waals surface area contributed by atoms with Gasteiger partial charge in [-0.2, -0.15) is 15.0 Å². The first-order valence-corrected chi connectivity index (χ1v) is 6.24. The van der Waals surface area contributed by atoms with Gasteiger partial charge >= 0.3 is 0 Å². The number of benzene rings is 1. The van der Waals surface area contributed by atoms with E-state index in [4.69, 9.17) is 0 Å². The lowest BCUT2D eigenvalue weighted by molar-refractivity contribution is 0.447. The van der Waals surface area contributed by atoms with Crippen molar-refractivity contribution < 1.29 is 13.2 Å². The maximum atomic E-state index is 13.3. The number of hydrogen-bond acceptors (Lipinski definition) is 5. The van der Waals surface area contributed by atoms with Gasteiger partial charge in [-0.25, -0.2) is 13.2 Å². The van der Waals surface area contributed by atoms with Crippen molar-refractivity contribution in [2.24, 2.45) is 0 Å². The van der Waals surface area contributed by atoms with Crippen LogP contribution in [0.25, 0.3) is 11.4 Å². The lowest BCUT2D eigenvalue weighted by Gasteiger charge is -2.13. The van der Waals surface area contributed by atoms with E-state index in [-0.39, 0.29) is 17.3 Å². The Kier molecular flexibility index (Phi) is 4.25. The van der Waals surface area contributed by atoms with Crippen molar-refractivity contribution in [2.45, 2.75) is 6.92 Å². The van der Waals surface area contributed by atoms with Crippen LogP contribution in [0.15, 0.2) is 12.1 Å². The molecule has 0 radical (unpaired) electrons. The highest BCUT2D eigenvalue weighted by atomic mass is 19.2. The summed E-state index contributed by atoms with van der Waals surface area (Å²) in [6.45, 7) is 2.43. The average Bonchev–Trinajstić information content (AvgIpc) is 2.44. The van der Waals surface area contributed by atoms with Gasteiger partial charge in [0.2, 0.25) is 11.9 Å². The Bertz CT molecular complexity index is 637. The number of nitrogens with one attached hydrogen (secondary N) is 1. The minimum absolute atomic E-state index is 0.0380. The third-order valence-corrected chi connectivity index (χ3v) is 2.60. The highest BCUT2D eigenvalue weighted by Gasteiger charge is 2.15. The molecule has 112 valence electrons. The molecular weight excluding hydrogens is 283 g/mol. The average molecular weight is 297 g/mol. The zero-order valence-electron chi connectivity index (χ0n) is 11.8. The van der Waals surface area contributed by atoms with E-state index < -0.39 is 17.5 Å². The van der Waals surface area contributed by atoms with Gasteiger partial charge in [-0.1, -0.05) is 0 Å². The van der Waals surface area contributed by atoms with E-state index in [1.807, 2.05) is 6.92 Å². The molecule has 1 aromatic carbocycles. The number of halogens is 3. The second kappa shape index (κ2) is 5.94. The molecule has 1 heterocycles. The summed E-state index contributed by atoms with van der Waals surface area (Å²) in [4.78, 5) is 13.9. The Labute approximate surface area is 119 Å². The third kappa shape index (κ3) is 3.21. The summed E-state index contributed by atoms with van der Waals surface area (Å²) in [6.07, 6.45) is 0. The van der Waals surface area contributed by atoms with Gasteiger partial charge in [0, 0.05) is 26.2 Å². The zero-order valence-corrected chi connectivity index (χ0v) is 11.8. The lowest BCUT2D eigenvalue weighted by Crippen LogP contribution is -2.16. The van der Waals surface area contributed by atoms with Crippen molar-refractivity contribution in [1.82, 2.24) is 15.0 Å². The molecule has 0 fully saturated rings. The van der Waals surface area contributed by atoms with E-state index in [1.54, 1.807) is 19.0 Å². The highest BCUT2D eigenvalue weighted by molar-refractivity contribution is 5.58. The van der Waals surface area contributed by atoms with Crippen molar-refractivity contribution in [3.05, 3.63) is 29.6 Å². The van der Waals surface area contributed by atoms with Crippen LogP contribution in [0.2, 0.25) is 0 Å². The maximum Gasteiger partial charge on any atom is 0.230 e. The zero-order chi connectivity index (χ0) is 15.6. The number of hydrogen-bond donors (Lipinski definition) is 1. The van der Waals surface area contributed by atoms with Gasteiger partial charge in [0.15, 0.2) is 23.3 Å². The quantitative estimate of drug-likeness (QED) is 0.879. The summed E-state index contributed by atoms with van der Waals surface area (Å²) in [5, 5.41) is 2.90. The van der Waals surface area contributed by atoms with Crippen molar-refractivity contribution in [3.63, 3.8) is 0 Å². The molecule has 2 aromatic rings. The van der Waals surface area contributed by atoms with E-state index in [1.165, 1.54) is 0 Å². The molecular formula is C13H14F3N5. The highest BCUT2D eigenvalue weighted by Crippen LogP contribution is 2.23. The molecule has 1 aromatic heterocycles. The second-order valence-corrected chi connectivity index (χ2v) is 4.46. The van der Waals surface area contributed by atoms with Gasteiger partial charge in [0.25, 0.3) is 0 Å². The Morgan fingerprint density at radius 1 is 1.05 bits per heavy atom. The van der Waals surface area contributed by atoms with E-state index in [2.05, 4.69) is 20.3 Å². The van der Waals surface area contributed by atoms with Gasteiger partial charge in [-0.15, -0.1) is 0 Å². The summed E-state index contributed by atoms with van der Waals surface area (Å²) in [5.41, 5.74) is 0.0380. The van der Waals surface area contributed by atoms with Crippen LogP contribution in [0.4, 0.5) is 25.1 Å². The second-order valence-electron chi connectivity index (χ2n) is 4.46. The van der Waals surface area contributed by atoms with Gasteiger partial charge in [-0.05, 0) is 19.1 Å². The molecule has 0 saturated carbocycles. The lowest BCUT2D eigenvalue weighted by atomic mass is 10.2. The molecule has 0 atom stereocenters. The predicted molar refractivity (Wildman–Crippen MR) is 73.6 cm³/mol. The summed E-state index contributed by atoms with van der Waals surface area (Å²) in [7, 11) is 3.45. The van der Waals surface area contributed by atoms with Crippen LogP contribution < -0.4 is 10.2 Å². The number of nitrogens with zero attached hydrogens (tertiary/aromatic N) is 4. The molecule has 0 bridgehead atoms. The van der Waals surface area contributed by atoms with Crippen molar-refractivity contribution in [3.8, 4) is 11.4 Å². The fraction of sp³-hybridized carbons (Fsp3) is 0.308. The largest absolute Gasteiger partial charge is 0.354 e. The number of rotatable bonds is 4. The topological polar surface area (TPSA) is 53.9 Å². The monoisotopic (exact) mass is 297 g/mol. The molecule has 0 amide bonds. The van der Waals surface area contributed by atoms with Gasteiger partial charge in [-0.3, -0.25) is 0 Å². The Morgan fingerprint density at radius 3 is 2.19 bits per heavy atom. The molecule has 0 unspecified atom stereocenters. The minimum Gasteiger partial charge on any atom is -0.354 e. The predicted octanol–water partition coefficient (Wildman–Crippen LogP) is 2.45. The van der Waals surface area contributed by atoms with Gasteiger partial charge in [0.05, 0.1) is 0 Å². The molecule has 0 aliphatic carbocycles. The van der Waals surface area contributed by atoms with E-state index in [9.17, 15) is 13.2 Å². The van der Waals surface area contributed by atoms with Crippen LogP contribution in [0.3, 0.4) is 0 Å². The first kappa shape index (κ1) is 15.0. The molecule has 0 aliphatic rings. The Morgan fingerprint density at radius 2 is 1.67 bits per heavy atom. The van der Waals surface area contributed by atoms with Crippen LogP contribution in [-0.4, -0.2) is 35.6 Å². The van der Waals surface area contributed by atoms with Crippen LogP contribution in [-0.2, 0) is 0 Å². The molecule has 0 aliphatic heterocycles. The van der Waals surface area contributed by atoms with E-state index >= 15 is 0 Å². The Balaban J connectivity index is 2.57. The SMILES string of the molecule is CCNc1nc(-c2cc(F)c(F)c(F)c2)nc(N(C)C)n1. The molecule has 0 spiro atoms. The fourth-order valence-corrected chi connectivity index (χ4v) is 1.62. The first-order valence-electron chi connectivity index (χ1n) is 6.24. The van der Waals surface area contributed by atoms with E-state index in [0.29, 0.717) is 12.5 Å². The van der Waals surface area contributed by atoms with Gasteiger partial charge in [0.1, 0.15) is 0 Å². The minimum atomic E-state index is -1.52. The first-order chi connectivity index (χ1) is 9.92. The summed E-state index contributed by atoms with van der Waals surface area (Å²) in [6, 6.07) is 1.70. The molecule has 21 heavy (non-hydrogen) atoms. The number of aromatic nitrogens is 3. The van der Waals surface area contributed by atoms with Crippen molar-refractivity contribution >= 4 is 11.9 Å². The number of anilines is 2. The molecule has 8 heteroatoms. The molecule has 2 rings (SSSR count). The van der Waals surface area contributed by atoms with Crippen LogP contribution in [0.5, 0.6) is 0 Å². The fourth-order valence-electron chi connectivity index (χ4n) is 1.62. The van der Waals surface area contributed by atoms with Gasteiger partial charge < -0.3 is 10.2 Å². The molecule has 1 N–H and O–H groups in total. The maximum absolute atomic E-state index is 13.3. The molecule has 5 nitrogen and oxygen atoms in total. The van der Waals surface area contributed by atoms with Crippen LogP contribution in [0, 0.1) is 17.5 Å². The Hall–Kier alpha value is -2.38.